The highest BCUT2D eigenvalue weighted by atomic mass is 32.2. The molecule has 2 heterocycles. The molecule has 1 aromatic rings. The van der Waals surface area contributed by atoms with Crippen LogP contribution >= 0.6 is 0 Å². The van der Waals surface area contributed by atoms with Crippen molar-refractivity contribution in [1.82, 2.24) is 4.31 Å². The molecule has 1 atom stereocenters. The third-order valence-electron chi connectivity index (χ3n) is 3.94. The highest BCUT2D eigenvalue weighted by Gasteiger charge is 2.52. The summed E-state index contributed by atoms with van der Waals surface area (Å²) in [6.45, 7) is 3.34. The largest absolute Gasteiger partial charge is 0.471 e. The van der Waals surface area contributed by atoms with Crippen molar-refractivity contribution in [3.05, 3.63) is 18.6 Å². The van der Waals surface area contributed by atoms with E-state index in [1.165, 1.54) is 18.6 Å². The molecule has 0 radical (unpaired) electrons. The Bertz CT molecular complexity index is 520. The van der Waals surface area contributed by atoms with E-state index in [1.54, 1.807) is 4.31 Å². The predicted molar refractivity (Wildman–Crippen MR) is 64.5 cm³/mol. The van der Waals surface area contributed by atoms with Crippen LogP contribution < -0.4 is 0 Å². The number of hydrogen-bond acceptors (Lipinski definition) is 4. The van der Waals surface area contributed by atoms with Crippen LogP contribution in [0.1, 0.15) is 19.8 Å². The molecule has 0 aromatic carbocycles. The lowest BCUT2D eigenvalue weighted by molar-refractivity contribution is -0.0278. The van der Waals surface area contributed by atoms with Gasteiger partial charge in [-0.15, -0.1) is 0 Å². The van der Waals surface area contributed by atoms with Gasteiger partial charge in [0.2, 0.25) is 10.0 Å². The molecule has 0 bridgehead atoms. The van der Waals surface area contributed by atoms with Crippen LogP contribution in [0.4, 0.5) is 0 Å². The molecule has 1 saturated heterocycles. The fourth-order valence-corrected chi connectivity index (χ4v) is 4.43. The van der Waals surface area contributed by atoms with Gasteiger partial charge in [0.05, 0.1) is 25.0 Å². The molecule has 1 aliphatic heterocycles. The Morgan fingerprint density at radius 1 is 1.44 bits per heavy atom. The third kappa shape index (κ3) is 1.79. The van der Waals surface area contributed by atoms with Gasteiger partial charge < -0.3 is 9.15 Å². The molecular weight excluding hydrogens is 254 g/mol. The highest BCUT2D eigenvalue weighted by molar-refractivity contribution is 7.89. The Labute approximate surface area is 107 Å². The molecule has 2 aliphatic rings. The maximum atomic E-state index is 12.6. The van der Waals surface area contributed by atoms with E-state index in [-0.39, 0.29) is 4.90 Å². The van der Waals surface area contributed by atoms with Crippen molar-refractivity contribution in [2.45, 2.75) is 30.2 Å². The molecule has 1 saturated carbocycles. The van der Waals surface area contributed by atoms with Gasteiger partial charge in [0.15, 0.2) is 0 Å². The van der Waals surface area contributed by atoms with Crippen molar-refractivity contribution in [1.29, 1.82) is 0 Å². The van der Waals surface area contributed by atoms with Crippen LogP contribution in [0.3, 0.4) is 0 Å². The summed E-state index contributed by atoms with van der Waals surface area (Å²) in [6.07, 6.45) is 4.84. The van der Waals surface area contributed by atoms with Gasteiger partial charge in [-0.1, -0.05) is 0 Å². The summed E-state index contributed by atoms with van der Waals surface area (Å²) in [6, 6.07) is 1.50. The average molecular weight is 271 g/mol. The zero-order chi connectivity index (χ0) is 12.8. The standard InChI is InChI=1S/C12H17NO4S/c1-12(10-2-3-10)9-17-7-5-13(12)18(14,15)11-4-6-16-8-11/h4,6,8,10H,2-3,5,7,9H2,1H3. The lowest BCUT2D eigenvalue weighted by Crippen LogP contribution is -2.58. The van der Waals surface area contributed by atoms with Gasteiger partial charge in [-0.2, -0.15) is 4.31 Å². The van der Waals surface area contributed by atoms with E-state index < -0.39 is 15.6 Å². The van der Waals surface area contributed by atoms with Crippen LogP contribution in [-0.2, 0) is 14.8 Å². The summed E-state index contributed by atoms with van der Waals surface area (Å²) >= 11 is 0. The van der Waals surface area contributed by atoms with Gasteiger partial charge >= 0.3 is 0 Å². The summed E-state index contributed by atoms with van der Waals surface area (Å²) in [7, 11) is -3.47. The number of sulfonamides is 1. The van der Waals surface area contributed by atoms with Crippen molar-refractivity contribution < 1.29 is 17.6 Å². The molecule has 1 aromatic heterocycles. The Hall–Kier alpha value is -0.850. The minimum Gasteiger partial charge on any atom is -0.471 e. The van der Waals surface area contributed by atoms with Crippen LogP contribution in [0.15, 0.2) is 27.9 Å². The second kappa shape index (κ2) is 4.08. The minimum absolute atomic E-state index is 0.233. The van der Waals surface area contributed by atoms with E-state index in [1.807, 2.05) is 6.92 Å². The highest BCUT2D eigenvalue weighted by Crippen LogP contribution is 2.46. The summed E-state index contributed by atoms with van der Waals surface area (Å²) < 4.78 is 37.2. The zero-order valence-electron chi connectivity index (χ0n) is 10.3. The van der Waals surface area contributed by atoms with Crippen LogP contribution in [0.5, 0.6) is 0 Å². The van der Waals surface area contributed by atoms with Crippen molar-refractivity contribution in [3.63, 3.8) is 0 Å². The fraction of sp³-hybridized carbons (Fsp3) is 0.667. The third-order valence-corrected chi connectivity index (χ3v) is 5.95. The second-order valence-electron chi connectivity index (χ2n) is 5.22. The molecular formula is C12H17NO4S. The van der Waals surface area contributed by atoms with E-state index in [4.69, 9.17) is 9.15 Å². The molecule has 1 aliphatic carbocycles. The Morgan fingerprint density at radius 2 is 2.22 bits per heavy atom. The SMILES string of the molecule is CC1(C2CC2)COCCN1S(=O)(=O)c1ccoc1. The minimum atomic E-state index is -3.47. The molecule has 18 heavy (non-hydrogen) atoms. The molecule has 0 spiro atoms. The van der Waals surface area contributed by atoms with Gasteiger partial charge in [-0.3, -0.25) is 0 Å². The molecule has 0 amide bonds. The molecule has 5 nitrogen and oxygen atoms in total. The van der Waals surface area contributed by atoms with Crippen molar-refractivity contribution in [2.24, 2.45) is 5.92 Å². The topological polar surface area (TPSA) is 59.8 Å². The predicted octanol–water partition coefficient (Wildman–Crippen LogP) is 1.47. The first kappa shape index (κ1) is 12.2. The first-order valence-electron chi connectivity index (χ1n) is 6.18. The lowest BCUT2D eigenvalue weighted by Gasteiger charge is -2.43. The van der Waals surface area contributed by atoms with E-state index in [9.17, 15) is 8.42 Å². The van der Waals surface area contributed by atoms with E-state index in [0.717, 1.165) is 12.8 Å². The van der Waals surface area contributed by atoms with Crippen LogP contribution in [0, 0.1) is 5.92 Å². The van der Waals surface area contributed by atoms with Gasteiger partial charge in [-0.25, -0.2) is 8.42 Å². The first-order chi connectivity index (χ1) is 8.55. The molecule has 3 rings (SSSR count). The lowest BCUT2D eigenvalue weighted by atomic mass is 9.96. The Kier molecular flexibility index (Phi) is 2.76. The number of furan rings is 1. The van der Waals surface area contributed by atoms with Crippen molar-refractivity contribution in [3.8, 4) is 0 Å². The van der Waals surface area contributed by atoms with Gasteiger partial charge in [0.1, 0.15) is 11.2 Å². The maximum absolute atomic E-state index is 12.6. The summed E-state index contributed by atoms with van der Waals surface area (Å²) in [5.41, 5.74) is -0.408. The van der Waals surface area contributed by atoms with Crippen molar-refractivity contribution >= 4 is 10.0 Å². The zero-order valence-corrected chi connectivity index (χ0v) is 11.1. The smallest absolute Gasteiger partial charge is 0.246 e. The second-order valence-corrected chi connectivity index (χ2v) is 7.08. The monoisotopic (exact) mass is 271 g/mol. The number of morpholine rings is 1. The van der Waals surface area contributed by atoms with Gasteiger partial charge in [-0.05, 0) is 31.7 Å². The molecule has 6 heteroatoms. The number of ether oxygens (including phenoxy) is 1. The van der Waals surface area contributed by atoms with Gasteiger partial charge in [0, 0.05) is 6.54 Å². The fourth-order valence-electron chi connectivity index (χ4n) is 2.70. The maximum Gasteiger partial charge on any atom is 0.246 e. The summed E-state index contributed by atoms with van der Waals surface area (Å²) in [5, 5.41) is 0. The van der Waals surface area contributed by atoms with E-state index >= 15 is 0 Å². The quantitative estimate of drug-likeness (QED) is 0.835. The molecule has 2 fully saturated rings. The van der Waals surface area contributed by atoms with Crippen molar-refractivity contribution in [2.75, 3.05) is 19.8 Å². The average Bonchev–Trinajstić information content (AvgIpc) is 3.05. The number of hydrogen-bond donors (Lipinski definition) is 0. The van der Waals surface area contributed by atoms with Crippen LogP contribution in [-0.4, -0.2) is 38.0 Å². The van der Waals surface area contributed by atoms with E-state index in [2.05, 4.69) is 0 Å². The molecule has 0 N–H and O–H groups in total. The first-order valence-corrected chi connectivity index (χ1v) is 7.62. The number of nitrogens with zero attached hydrogens (tertiary/aromatic N) is 1. The number of rotatable bonds is 3. The Morgan fingerprint density at radius 3 is 2.83 bits per heavy atom. The van der Waals surface area contributed by atoms with Gasteiger partial charge in [0.25, 0.3) is 0 Å². The van der Waals surface area contributed by atoms with Crippen LogP contribution in [0.25, 0.3) is 0 Å². The summed E-state index contributed by atoms with van der Waals surface area (Å²) in [4.78, 5) is 0.233. The Balaban J connectivity index is 1.98. The summed E-state index contributed by atoms with van der Waals surface area (Å²) in [5.74, 6) is 0.416. The molecule has 1 unspecified atom stereocenters. The van der Waals surface area contributed by atoms with E-state index in [0.29, 0.717) is 25.7 Å². The molecule has 100 valence electrons. The van der Waals surface area contributed by atoms with Crippen LogP contribution in [0.2, 0.25) is 0 Å². The normalized spacial score (nSPS) is 30.5.